The van der Waals surface area contributed by atoms with Crippen LogP contribution in [0.15, 0.2) is 18.2 Å². The van der Waals surface area contributed by atoms with E-state index in [1.54, 1.807) is 0 Å². The van der Waals surface area contributed by atoms with Gasteiger partial charge in [0.2, 0.25) is 0 Å². The zero-order valence-corrected chi connectivity index (χ0v) is 13.1. The van der Waals surface area contributed by atoms with Gasteiger partial charge in [0, 0.05) is 30.3 Å². The van der Waals surface area contributed by atoms with Crippen LogP contribution in [-0.4, -0.2) is 18.2 Å². The molecule has 0 saturated carbocycles. The van der Waals surface area contributed by atoms with Crippen molar-refractivity contribution in [3.63, 3.8) is 0 Å². The molecule has 1 aliphatic heterocycles. The Hall–Kier alpha value is -1.00. The van der Waals surface area contributed by atoms with Gasteiger partial charge in [0.25, 0.3) is 0 Å². The molecule has 1 N–H and O–H groups in total. The summed E-state index contributed by atoms with van der Waals surface area (Å²) in [6.07, 6.45) is 3.84. The second-order valence-corrected chi connectivity index (χ2v) is 5.98. The van der Waals surface area contributed by atoms with Gasteiger partial charge >= 0.3 is 0 Å². The van der Waals surface area contributed by atoms with Crippen LogP contribution in [0.3, 0.4) is 0 Å². The van der Waals surface area contributed by atoms with Gasteiger partial charge in [-0.2, -0.15) is 0 Å². The fourth-order valence-corrected chi connectivity index (χ4v) is 3.21. The molecule has 0 bridgehead atoms. The van der Waals surface area contributed by atoms with E-state index in [9.17, 15) is 8.78 Å². The number of rotatable bonds is 5. The van der Waals surface area contributed by atoms with Crippen LogP contribution >= 0.6 is 0 Å². The Labute approximate surface area is 125 Å². The molecule has 2 rings (SSSR count). The molecule has 1 aromatic carbocycles. The molecule has 2 nitrogen and oxygen atoms in total. The molecule has 118 valence electrons. The fraction of sp³-hybridized carbons (Fsp3) is 0.647. The maximum Gasteiger partial charge on any atom is 0.130 e. The van der Waals surface area contributed by atoms with Gasteiger partial charge in [0.15, 0.2) is 0 Å². The predicted molar refractivity (Wildman–Crippen MR) is 80.2 cm³/mol. The van der Waals surface area contributed by atoms with Crippen LogP contribution < -0.4 is 5.32 Å². The SMILES string of the molecule is CCC1(CC)CC(NC(C)c2ccc(F)cc2F)CCO1. The van der Waals surface area contributed by atoms with Crippen molar-refractivity contribution in [3.8, 4) is 0 Å². The summed E-state index contributed by atoms with van der Waals surface area (Å²) in [5, 5.41) is 3.48. The van der Waals surface area contributed by atoms with E-state index in [0.29, 0.717) is 11.6 Å². The van der Waals surface area contributed by atoms with Gasteiger partial charge in [-0.3, -0.25) is 0 Å². The highest BCUT2D eigenvalue weighted by Gasteiger charge is 2.35. The first kappa shape index (κ1) is 16.4. The second kappa shape index (κ2) is 6.84. The van der Waals surface area contributed by atoms with E-state index in [1.807, 2.05) is 6.92 Å². The summed E-state index contributed by atoms with van der Waals surface area (Å²) in [5.41, 5.74) is 0.457. The van der Waals surface area contributed by atoms with E-state index < -0.39 is 11.6 Å². The van der Waals surface area contributed by atoms with Gasteiger partial charge < -0.3 is 10.1 Å². The van der Waals surface area contributed by atoms with Gasteiger partial charge in [0.1, 0.15) is 11.6 Å². The molecule has 1 saturated heterocycles. The highest BCUT2D eigenvalue weighted by atomic mass is 19.1. The van der Waals surface area contributed by atoms with Crippen molar-refractivity contribution in [2.75, 3.05) is 6.61 Å². The van der Waals surface area contributed by atoms with Crippen LogP contribution in [0.1, 0.15) is 58.1 Å². The monoisotopic (exact) mass is 297 g/mol. The van der Waals surface area contributed by atoms with Gasteiger partial charge in [-0.15, -0.1) is 0 Å². The third-order valence-electron chi connectivity index (χ3n) is 4.70. The van der Waals surface area contributed by atoms with Crippen molar-refractivity contribution in [1.29, 1.82) is 0 Å². The van der Waals surface area contributed by atoms with Crippen LogP contribution in [0.25, 0.3) is 0 Å². The van der Waals surface area contributed by atoms with Crippen molar-refractivity contribution in [2.45, 2.75) is 64.1 Å². The summed E-state index contributed by atoms with van der Waals surface area (Å²) in [4.78, 5) is 0. The molecule has 1 heterocycles. The second-order valence-electron chi connectivity index (χ2n) is 5.98. The van der Waals surface area contributed by atoms with E-state index in [4.69, 9.17) is 4.74 Å². The minimum absolute atomic E-state index is 0.0586. The smallest absolute Gasteiger partial charge is 0.130 e. The van der Waals surface area contributed by atoms with Crippen molar-refractivity contribution in [2.24, 2.45) is 0 Å². The largest absolute Gasteiger partial charge is 0.375 e. The Balaban J connectivity index is 2.03. The van der Waals surface area contributed by atoms with Crippen molar-refractivity contribution >= 4 is 0 Å². The maximum atomic E-state index is 13.8. The molecule has 4 heteroatoms. The Bertz CT molecular complexity index is 474. The van der Waals surface area contributed by atoms with E-state index in [2.05, 4.69) is 19.2 Å². The van der Waals surface area contributed by atoms with Gasteiger partial charge in [-0.1, -0.05) is 19.9 Å². The molecule has 0 aliphatic carbocycles. The van der Waals surface area contributed by atoms with E-state index in [1.165, 1.54) is 12.1 Å². The number of hydrogen-bond donors (Lipinski definition) is 1. The topological polar surface area (TPSA) is 21.3 Å². The molecular weight excluding hydrogens is 272 g/mol. The van der Waals surface area contributed by atoms with Crippen molar-refractivity contribution in [1.82, 2.24) is 5.32 Å². The molecule has 2 atom stereocenters. The van der Waals surface area contributed by atoms with E-state index in [-0.39, 0.29) is 11.6 Å². The molecule has 21 heavy (non-hydrogen) atoms. The Morgan fingerprint density at radius 3 is 2.67 bits per heavy atom. The first-order chi connectivity index (χ1) is 9.99. The van der Waals surface area contributed by atoms with Gasteiger partial charge in [0.05, 0.1) is 5.60 Å². The molecular formula is C17H25F2NO. The number of hydrogen-bond acceptors (Lipinski definition) is 2. The highest BCUT2D eigenvalue weighted by Crippen LogP contribution is 2.32. The molecule has 0 aromatic heterocycles. The standard InChI is InChI=1S/C17H25F2NO/c1-4-17(5-2)11-14(8-9-21-17)20-12(3)15-7-6-13(18)10-16(15)19/h6-7,10,12,14,20H,4-5,8-9,11H2,1-3H3. The number of ether oxygens (including phenoxy) is 1. The normalized spacial score (nSPS) is 23.0. The summed E-state index contributed by atoms with van der Waals surface area (Å²) in [7, 11) is 0. The Morgan fingerprint density at radius 2 is 2.05 bits per heavy atom. The van der Waals surface area contributed by atoms with Crippen LogP contribution in [0.2, 0.25) is 0 Å². The summed E-state index contributed by atoms with van der Waals surface area (Å²) in [6, 6.07) is 3.94. The van der Waals surface area contributed by atoms with Crippen LogP contribution in [0.5, 0.6) is 0 Å². The Kier molecular flexibility index (Phi) is 5.33. The molecule has 1 aliphatic rings. The number of benzene rings is 1. The molecule has 1 aromatic rings. The Morgan fingerprint density at radius 1 is 1.33 bits per heavy atom. The lowest BCUT2D eigenvalue weighted by Gasteiger charge is -2.41. The quantitative estimate of drug-likeness (QED) is 0.872. The zero-order valence-electron chi connectivity index (χ0n) is 13.1. The van der Waals surface area contributed by atoms with Gasteiger partial charge in [-0.25, -0.2) is 8.78 Å². The predicted octanol–water partition coefficient (Wildman–Crippen LogP) is 4.35. The van der Waals surface area contributed by atoms with Crippen molar-refractivity contribution in [3.05, 3.63) is 35.4 Å². The lowest BCUT2D eigenvalue weighted by Crippen LogP contribution is -2.47. The third-order valence-corrected chi connectivity index (χ3v) is 4.70. The molecule has 1 fully saturated rings. The molecule has 0 spiro atoms. The molecule has 2 unspecified atom stereocenters. The summed E-state index contributed by atoms with van der Waals surface area (Å²) >= 11 is 0. The van der Waals surface area contributed by atoms with Crippen LogP contribution in [0, 0.1) is 11.6 Å². The minimum atomic E-state index is -0.537. The first-order valence-electron chi connectivity index (χ1n) is 7.84. The molecule has 0 amide bonds. The first-order valence-corrected chi connectivity index (χ1v) is 7.84. The van der Waals surface area contributed by atoms with Crippen molar-refractivity contribution < 1.29 is 13.5 Å². The van der Waals surface area contributed by atoms with E-state index >= 15 is 0 Å². The average molecular weight is 297 g/mol. The minimum Gasteiger partial charge on any atom is -0.375 e. The summed E-state index contributed by atoms with van der Waals surface area (Å²) in [6.45, 7) is 6.95. The summed E-state index contributed by atoms with van der Waals surface area (Å²) < 4.78 is 32.8. The lowest BCUT2D eigenvalue weighted by molar-refractivity contribution is -0.0940. The number of halogens is 2. The zero-order chi connectivity index (χ0) is 15.5. The highest BCUT2D eigenvalue weighted by molar-refractivity contribution is 5.21. The average Bonchev–Trinajstić information content (AvgIpc) is 2.47. The third kappa shape index (κ3) is 3.80. The van der Waals surface area contributed by atoms with Crippen LogP contribution in [-0.2, 0) is 4.74 Å². The summed E-state index contributed by atoms with van der Waals surface area (Å²) in [5.74, 6) is -1.02. The maximum absolute atomic E-state index is 13.8. The lowest BCUT2D eigenvalue weighted by atomic mass is 9.85. The van der Waals surface area contributed by atoms with Crippen LogP contribution in [0.4, 0.5) is 8.78 Å². The molecule has 0 radical (unpaired) electrons. The van der Waals surface area contributed by atoms with E-state index in [0.717, 1.165) is 38.4 Å². The van der Waals surface area contributed by atoms with Gasteiger partial charge in [-0.05, 0) is 38.7 Å². The number of nitrogens with one attached hydrogen (secondary N) is 1. The fourth-order valence-electron chi connectivity index (χ4n) is 3.21.